The number of anilines is 2. The van der Waals surface area contributed by atoms with Gasteiger partial charge in [-0.3, -0.25) is 0 Å². The van der Waals surface area contributed by atoms with Crippen molar-refractivity contribution in [3.63, 3.8) is 0 Å². The number of rotatable bonds is 6. The predicted octanol–water partition coefficient (Wildman–Crippen LogP) is 4.02. The fourth-order valence-electron chi connectivity index (χ4n) is 2.47. The van der Waals surface area contributed by atoms with Gasteiger partial charge in [0, 0.05) is 22.7 Å². The van der Waals surface area contributed by atoms with Crippen molar-refractivity contribution in [3.8, 4) is 17.2 Å². The summed E-state index contributed by atoms with van der Waals surface area (Å²) in [6.45, 7) is 2.13. The molecule has 2 heterocycles. The van der Waals surface area contributed by atoms with Gasteiger partial charge in [0.15, 0.2) is 11.5 Å². The van der Waals surface area contributed by atoms with Gasteiger partial charge in [0.2, 0.25) is 5.75 Å². The number of hydrogen-bond acceptors (Lipinski definition) is 7. The standard InChI is InChI=1S/C17H19N3O3S/c1-5-11-8-12-16(18-9-19-17(12)24-11)20-10-6-13(21-2)15(23-4)14(7-10)22-3/h6-9H,5H2,1-4H3,(H,18,19,20). The first-order valence-corrected chi connectivity index (χ1v) is 8.32. The first-order valence-electron chi connectivity index (χ1n) is 7.50. The van der Waals surface area contributed by atoms with E-state index in [1.165, 1.54) is 4.88 Å². The largest absolute Gasteiger partial charge is 0.493 e. The maximum Gasteiger partial charge on any atom is 0.203 e. The van der Waals surface area contributed by atoms with E-state index >= 15 is 0 Å². The van der Waals surface area contributed by atoms with Gasteiger partial charge in [0.05, 0.1) is 26.7 Å². The molecule has 126 valence electrons. The molecule has 0 aliphatic carbocycles. The average molecular weight is 345 g/mol. The Kier molecular flexibility index (Phi) is 4.71. The Labute approximate surface area is 144 Å². The van der Waals surface area contributed by atoms with Crippen molar-refractivity contribution < 1.29 is 14.2 Å². The first-order chi connectivity index (χ1) is 11.7. The molecule has 3 aromatic rings. The molecule has 2 aromatic heterocycles. The van der Waals surface area contributed by atoms with Crippen LogP contribution in [-0.2, 0) is 6.42 Å². The Morgan fingerprint density at radius 3 is 2.29 bits per heavy atom. The van der Waals surface area contributed by atoms with E-state index in [-0.39, 0.29) is 0 Å². The summed E-state index contributed by atoms with van der Waals surface area (Å²) < 4.78 is 16.1. The molecule has 6 nitrogen and oxygen atoms in total. The summed E-state index contributed by atoms with van der Waals surface area (Å²) in [7, 11) is 4.77. The van der Waals surface area contributed by atoms with E-state index in [1.807, 2.05) is 12.1 Å². The van der Waals surface area contributed by atoms with Crippen LogP contribution in [0.4, 0.5) is 11.5 Å². The van der Waals surface area contributed by atoms with Crippen LogP contribution in [0.25, 0.3) is 10.2 Å². The predicted molar refractivity (Wildman–Crippen MR) is 96.2 cm³/mol. The second kappa shape index (κ2) is 6.92. The number of methoxy groups -OCH3 is 3. The van der Waals surface area contributed by atoms with Crippen LogP contribution < -0.4 is 19.5 Å². The lowest BCUT2D eigenvalue weighted by molar-refractivity contribution is 0.324. The molecular weight excluding hydrogens is 326 g/mol. The second-order valence-corrected chi connectivity index (χ2v) is 6.16. The number of aromatic nitrogens is 2. The Balaban J connectivity index is 2.03. The fourth-order valence-corrected chi connectivity index (χ4v) is 3.40. The molecule has 1 aromatic carbocycles. The maximum absolute atomic E-state index is 5.39. The van der Waals surface area contributed by atoms with Crippen LogP contribution in [0, 0.1) is 0 Å². The van der Waals surface area contributed by atoms with E-state index in [0.29, 0.717) is 17.2 Å². The minimum Gasteiger partial charge on any atom is -0.493 e. The number of thiophene rings is 1. The lowest BCUT2D eigenvalue weighted by Gasteiger charge is -2.15. The molecule has 24 heavy (non-hydrogen) atoms. The fraction of sp³-hybridized carbons (Fsp3) is 0.294. The van der Waals surface area contributed by atoms with Gasteiger partial charge < -0.3 is 19.5 Å². The molecule has 0 saturated heterocycles. The number of nitrogens with zero attached hydrogens (tertiary/aromatic N) is 2. The van der Waals surface area contributed by atoms with Crippen molar-refractivity contribution in [1.82, 2.24) is 9.97 Å². The summed E-state index contributed by atoms with van der Waals surface area (Å²) in [4.78, 5) is 11.0. The van der Waals surface area contributed by atoms with Gasteiger partial charge in [-0.2, -0.15) is 0 Å². The molecule has 3 rings (SSSR count). The highest BCUT2D eigenvalue weighted by atomic mass is 32.1. The van der Waals surface area contributed by atoms with Crippen molar-refractivity contribution >= 4 is 33.1 Å². The quantitative estimate of drug-likeness (QED) is 0.728. The van der Waals surface area contributed by atoms with Gasteiger partial charge >= 0.3 is 0 Å². The number of nitrogens with one attached hydrogen (secondary N) is 1. The Hall–Kier alpha value is -2.54. The summed E-state index contributed by atoms with van der Waals surface area (Å²) in [6.07, 6.45) is 2.54. The molecule has 7 heteroatoms. The van der Waals surface area contributed by atoms with Gasteiger partial charge in [-0.1, -0.05) is 6.92 Å². The van der Waals surface area contributed by atoms with Crippen molar-refractivity contribution in [2.45, 2.75) is 13.3 Å². The highest BCUT2D eigenvalue weighted by Crippen LogP contribution is 2.41. The van der Waals surface area contributed by atoms with Gasteiger partial charge in [-0.25, -0.2) is 9.97 Å². The maximum atomic E-state index is 5.39. The SMILES string of the molecule is CCc1cc2c(Nc3cc(OC)c(OC)c(OC)c3)ncnc2s1. The summed E-state index contributed by atoms with van der Waals surface area (Å²) in [5.41, 5.74) is 0.800. The third-order valence-electron chi connectivity index (χ3n) is 3.66. The van der Waals surface area contributed by atoms with Gasteiger partial charge in [-0.05, 0) is 12.5 Å². The van der Waals surface area contributed by atoms with Crippen molar-refractivity contribution in [2.24, 2.45) is 0 Å². The van der Waals surface area contributed by atoms with Gasteiger partial charge in [0.1, 0.15) is 17.0 Å². The normalized spacial score (nSPS) is 10.7. The molecule has 0 amide bonds. The van der Waals surface area contributed by atoms with Crippen LogP contribution >= 0.6 is 11.3 Å². The molecule has 0 unspecified atom stereocenters. The van der Waals surface area contributed by atoms with Crippen LogP contribution in [0.15, 0.2) is 24.5 Å². The third-order valence-corrected chi connectivity index (χ3v) is 4.84. The van der Waals surface area contributed by atoms with Crippen LogP contribution in [0.3, 0.4) is 0 Å². The molecule has 0 aliphatic rings. The number of hydrogen-bond donors (Lipinski definition) is 1. The molecule has 0 atom stereocenters. The monoisotopic (exact) mass is 345 g/mol. The van der Waals surface area contributed by atoms with E-state index in [1.54, 1.807) is 39.0 Å². The number of aryl methyl sites for hydroxylation is 1. The topological polar surface area (TPSA) is 65.5 Å². The Bertz CT molecular complexity index is 838. The van der Waals surface area contributed by atoms with Gasteiger partial charge in [0.25, 0.3) is 0 Å². The van der Waals surface area contributed by atoms with Crippen LogP contribution in [0.5, 0.6) is 17.2 Å². The van der Waals surface area contributed by atoms with Gasteiger partial charge in [-0.15, -0.1) is 11.3 Å². The zero-order chi connectivity index (χ0) is 17.1. The van der Waals surface area contributed by atoms with E-state index in [0.717, 1.165) is 28.1 Å². The van der Waals surface area contributed by atoms with Crippen LogP contribution in [0.2, 0.25) is 0 Å². The Morgan fingerprint density at radius 1 is 1.00 bits per heavy atom. The second-order valence-electron chi connectivity index (χ2n) is 5.05. The minimum atomic E-state index is 0.558. The third kappa shape index (κ3) is 2.94. The minimum absolute atomic E-state index is 0.558. The van der Waals surface area contributed by atoms with E-state index in [2.05, 4.69) is 28.3 Å². The lowest BCUT2D eigenvalue weighted by Crippen LogP contribution is -1.99. The molecule has 0 aliphatic heterocycles. The van der Waals surface area contributed by atoms with Crippen LogP contribution in [-0.4, -0.2) is 31.3 Å². The van der Waals surface area contributed by atoms with E-state index in [4.69, 9.17) is 14.2 Å². The highest BCUT2D eigenvalue weighted by Gasteiger charge is 2.15. The number of fused-ring (bicyclic) bond motifs is 1. The molecule has 0 fully saturated rings. The van der Waals surface area contributed by atoms with Crippen LogP contribution in [0.1, 0.15) is 11.8 Å². The highest BCUT2D eigenvalue weighted by molar-refractivity contribution is 7.18. The van der Waals surface area contributed by atoms with Crippen molar-refractivity contribution in [3.05, 3.63) is 29.4 Å². The van der Waals surface area contributed by atoms with E-state index < -0.39 is 0 Å². The van der Waals surface area contributed by atoms with Crippen molar-refractivity contribution in [1.29, 1.82) is 0 Å². The molecule has 0 spiro atoms. The summed E-state index contributed by atoms with van der Waals surface area (Å²) >= 11 is 1.68. The Morgan fingerprint density at radius 2 is 1.71 bits per heavy atom. The zero-order valence-corrected chi connectivity index (χ0v) is 14.9. The molecule has 1 N–H and O–H groups in total. The molecule has 0 radical (unpaired) electrons. The number of benzene rings is 1. The zero-order valence-electron chi connectivity index (χ0n) is 14.0. The molecule has 0 bridgehead atoms. The summed E-state index contributed by atoms with van der Waals surface area (Å²) in [6, 6.07) is 5.82. The van der Waals surface area contributed by atoms with E-state index in [9.17, 15) is 0 Å². The van der Waals surface area contributed by atoms with Crippen molar-refractivity contribution in [2.75, 3.05) is 26.6 Å². The number of ether oxygens (including phenoxy) is 3. The lowest BCUT2D eigenvalue weighted by atomic mass is 10.2. The smallest absolute Gasteiger partial charge is 0.203 e. The molecule has 0 saturated carbocycles. The first kappa shape index (κ1) is 16.3. The molecular formula is C17H19N3O3S. The summed E-state index contributed by atoms with van der Waals surface area (Å²) in [5, 5.41) is 4.33. The summed E-state index contributed by atoms with van der Waals surface area (Å²) in [5.74, 6) is 2.49. The average Bonchev–Trinajstić information content (AvgIpc) is 3.05.